The molecular formula is C22H21FN4OS. The van der Waals surface area contributed by atoms with E-state index in [2.05, 4.69) is 28.5 Å². The molecule has 0 bridgehead atoms. The fourth-order valence-corrected chi connectivity index (χ4v) is 4.20. The molecule has 148 valence electrons. The number of amides is 1. The van der Waals surface area contributed by atoms with Gasteiger partial charge in [-0.15, -0.1) is 10.2 Å². The van der Waals surface area contributed by atoms with Crippen LogP contribution in [0, 0.1) is 12.7 Å². The van der Waals surface area contributed by atoms with Gasteiger partial charge in [0.05, 0.1) is 16.8 Å². The number of thioether (sulfide) groups is 1. The predicted molar refractivity (Wildman–Crippen MR) is 114 cm³/mol. The van der Waals surface area contributed by atoms with Gasteiger partial charge in [0.2, 0.25) is 5.91 Å². The van der Waals surface area contributed by atoms with Crippen LogP contribution in [-0.4, -0.2) is 25.8 Å². The zero-order valence-corrected chi connectivity index (χ0v) is 17.2. The second kappa shape index (κ2) is 7.83. The molecule has 0 aliphatic carbocycles. The van der Waals surface area contributed by atoms with Crippen LogP contribution in [-0.2, 0) is 4.79 Å². The zero-order chi connectivity index (χ0) is 20.5. The number of rotatable bonds is 5. The third-order valence-corrected chi connectivity index (χ3v) is 6.00. The Morgan fingerprint density at radius 2 is 1.83 bits per heavy atom. The Kier molecular flexibility index (Phi) is 5.24. The minimum Gasteiger partial charge on any atom is -0.349 e. The standard InChI is InChI=1S/C22H21FN4OS/c1-13-12-20-25-26-22(27(20)19-7-5-4-6-18(13)19)29-15(3)21(28)24-14(2)16-8-10-17(23)11-9-16/h4-12,14-15H,1-3H3,(H,24,28)/t14-,15-/m0/s1. The minimum absolute atomic E-state index is 0.111. The molecule has 2 heterocycles. The summed E-state index contributed by atoms with van der Waals surface area (Å²) in [5.74, 6) is -0.405. The Morgan fingerprint density at radius 3 is 2.59 bits per heavy atom. The molecule has 1 N–H and O–H groups in total. The topological polar surface area (TPSA) is 59.3 Å². The number of para-hydroxylation sites is 1. The highest BCUT2D eigenvalue weighted by Gasteiger charge is 2.21. The molecule has 4 rings (SSSR count). The van der Waals surface area contributed by atoms with Gasteiger partial charge in [0.15, 0.2) is 10.8 Å². The molecule has 0 aliphatic rings. The Hall–Kier alpha value is -2.93. The van der Waals surface area contributed by atoms with Gasteiger partial charge in [-0.3, -0.25) is 9.20 Å². The summed E-state index contributed by atoms with van der Waals surface area (Å²) in [6, 6.07) is 16.0. The summed E-state index contributed by atoms with van der Waals surface area (Å²) in [7, 11) is 0. The van der Waals surface area contributed by atoms with Crippen molar-refractivity contribution in [1.29, 1.82) is 0 Å². The van der Waals surface area contributed by atoms with Crippen molar-refractivity contribution in [3.63, 3.8) is 0 Å². The lowest BCUT2D eigenvalue weighted by molar-refractivity contribution is -0.120. The number of nitrogens with zero attached hydrogens (tertiary/aromatic N) is 3. The van der Waals surface area contributed by atoms with Crippen LogP contribution in [0.4, 0.5) is 4.39 Å². The second-order valence-electron chi connectivity index (χ2n) is 7.06. The van der Waals surface area contributed by atoms with Crippen molar-refractivity contribution in [2.75, 3.05) is 0 Å². The van der Waals surface area contributed by atoms with Gasteiger partial charge < -0.3 is 5.32 Å². The van der Waals surface area contributed by atoms with E-state index in [-0.39, 0.29) is 23.0 Å². The molecular weight excluding hydrogens is 387 g/mol. The maximum absolute atomic E-state index is 13.1. The van der Waals surface area contributed by atoms with E-state index in [9.17, 15) is 9.18 Å². The maximum atomic E-state index is 13.1. The molecule has 0 unspecified atom stereocenters. The molecule has 2 aromatic carbocycles. The average Bonchev–Trinajstić information content (AvgIpc) is 3.11. The van der Waals surface area contributed by atoms with Gasteiger partial charge in [-0.05, 0) is 56.2 Å². The molecule has 0 aliphatic heterocycles. The third-order valence-electron chi connectivity index (χ3n) is 4.95. The van der Waals surface area contributed by atoms with Crippen LogP contribution in [0.5, 0.6) is 0 Å². The molecule has 0 saturated carbocycles. The Balaban J connectivity index is 1.56. The number of nitrogens with one attached hydrogen (secondary N) is 1. The van der Waals surface area contributed by atoms with E-state index >= 15 is 0 Å². The van der Waals surface area contributed by atoms with E-state index in [0.29, 0.717) is 5.16 Å². The Morgan fingerprint density at radius 1 is 1.10 bits per heavy atom. The normalized spacial score (nSPS) is 13.5. The van der Waals surface area contributed by atoms with Gasteiger partial charge in [-0.1, -0.05) is 42.1 Å². The lowest BCUT2D eigenvalue weighted by Crippen LogP contribution is -2.33. The van der Waals surface area contributed by atoms with Gasteiger partial charge in [-0.25, -0.2) is 4.39 Å². The summed E-state index contributed by atoms with van der Waals surface area (Å²) < 4.78 is 15.1. The van der Waals surface area contributed by atoms with Crippen molar-refractivity contribution in [2.24, 2.45) is 0 Å². The quantitative estimate of drug-likeness (QED) is 0.487. The summed E-state index contributed by atoms with van der Waals surface area (Å²) in [5.41, 5.74) is 3.76. The Bertz CT molecular complexity index is 1190. The highest BCUT2D eigenvalue weighted by atomic mass is 32.2. The van der Waals surface area contributed by atoms with E-state index in [0.717, 1.165) is 27.7 Å². The maximum Gasteiger partial charge on any atom is 0.233 e. The van der Waals surface area contributed by atoms with Crippen LogP contribution < -0.4 is 5.32 Å². The smallest absolute Gasteiger partial charge is 0.233 e. The van der Waals surface area contributed by atoms with Crippen LogP contribution in [0.15, 0.2) is 59.8 Å². The van der Waals surface area contributed by atoms with E-state index in [4.69, 9.17) is 0 Å². The first-order chi connectivity index (χ1) is 13.9. The lowest BCUT2D eigenvalue weighted by atomic mass is 10.1. The molecule has 0 spiro atoms. The molecule has 2 aromatic heterocycles. The summed E-state index contributed by atoms with van der Waals surface area (Å²) in [4.78, 5) is 12.7. The zero-order valence-electron chi connectivity index (χ0n) is 16.4. The van der Waals surface area contributed by atoms with Crippen LogP contribution in [0.2, 0.25) is 0 Å². The number of halogens is 1. The minimum atomic E-state index is -0.370. The fraction of sp³-hybridized carbons (Fsp3) is 0.227. The number of aryl methyl sites for hydroxylation is 1. The first kappa shape index (κ1) is 19.4. The third kappa shape index (κ3) is 3.82. The van der Waals surface area contributed by atoms with Crippen LogP contribution in [0.3, 0.4) is 0 Å². The lowest BCUT2D eigenvalue weighted by Gasteiger charge is -2.17. The van der Waals surface area contributed by atoms with E-state index in [1.54, 1.807) is 12.1 Å². The number of benzene rings is 2. The predicted octanol–water partition coefficient (Wildman–Crippen LogP) is 4.69. The second-order valence-corrected chi connectivity index (χ2v) is 8.37. The first-order valence-electron chi connectivity index (χ1n) is 9.40. The molecule has 29 heavy (non-hydrogen) atoms. The van der Waals surface area contributed by atoms with Crippen molar-refractivity contribution in [1.82, 2.24) is 19.9 Å². The van der Waals surface area contributed by atoms with Crippen molar-refractivity contribution >= 4 is 34.2 Å². The first-order valence-corrected chi connectivity index (χ1v) is 10.3. The van der Waals surface area contributed by atoms with Crippen LogP contribution in [0.25, 0.3) is 16.6 Å². The van der Waals surface area contributed by atoms with E-state index in [1.165, 1.54) is 23.9 Å². The number of aromatic nitrogens is 3. The van der Waals surface area contributed by atoms with Crippen molar-refractivity contribution in [2.45, 2.75) is 37.2 Å². The van der Waals surface area contributed by atoms with Crippen LogP contribution in [0.1, 0.15) is 31.0 Å². The fourth-order valence-electron chi connectivity index (χ4n) is 3.33. The monoisotopic (exact) mass is 408 g/mol. The number of carbonyl (C=O) groups excluding carboxylic acids is 1. The number of fused-ring (bicyclic) bond motifs is 3. The largest absolute Gasteiger partial charge is 0.349 e. The van der Waals surface area contributed by atoms with E-state index < -0.39 is 0 Å². The highest BCUT2D eigenvalue weighted by Crippen LogP contribution is 2.28. The van der Waals surface area contributed by atoms with Gasteiger partial charge >= 0.3 is 0 Å². The SMILES string of the molecule is Cc1cc2nnc(S[C@@H](C)C(=O)N[C@@H](C)c3ccc(F)cc3)n2c2ccccc12. The van der Waals surface area contributed by atoms with Crippen molar-refractivity contribution in [3.05, 3.63) is 71.5 Å². The van der Waals surface area contributed by atoms with Gasteiger partial charge in [0.1, 0.15) is 5.82 Å². The van der Waals surface area contributed by atoms with E-state index in [1.807, 2.05) is 42.5 Å². The molecule has 0 fully saturated rings. The molecule has 7 heteroatoms. The molecule has 2 atom stereocenters. The molecule has 5 nitrogen and oxygen atoms in total. The van der Waals surface area contributed by atoms with Gasteiger partial charge in [-0.2, -0.15) is 0 Å². The van der Waals surface area contributed by atoms with Crippen LogP contribution >= 0.6 is 11.8 Å². The Labute approximate surface area is 172 Å². The summed E-state index contributed by atoms with van der Waals surface area (Å²) in [5, 5.41) is 13.0. The molecule has 1 amide bonds. The molecule has 4 aromatic rings. The van der Waals surface area contributed by atoms with Crippen molar-refractivity contribution < 1.29 is 9.18 Å². The summed E-state index contributed by atoms with van der Waals surface area (Å²) in [6.45, 7) is 5.77. The number of hydrogen-bond donors (Lipinski definition) is 1. The average molecular weight is 409 g/mol. The number of hydrogen-bond acceptors (Lipinski definition) is 4. The van der Waals surface area contributed by atoms with Gasteiger partial charge in [0, 0.05) is 5.39 Å². The van der Waals surface area contributed by atoms with Crippen molar-refractivity contribution in [3.8, 4) is 0 Å². The summed E-state index contributed by atoms with van der Waals surface area (Å²) >= 11 is 1.37. The summed E-state index contributed by atoms with van der Waals surface area (Å²) in [6.07, 6.45) is 0. The highest BCUT2D eigenvalue weighted by molar-refractivity contribution is 8.00. The molecule has 0 saturated heterocycles. The number of carbonyl (C=O) groups is 1. The number of pyridine rings is 1. The van der Waals surface area contributed by atoms with Gasteiger partial charge in [0.25, 0.3) is 0 Å². The molecule has 0 radical (unpaired) electrons.